The molecule has 106 valence electrons. The van der Waals surface area contributed by atoms with Crippen LogP contribution in [0.15, 0.2) is 53.4 Å². The Hall–Kier alpha value is -1.98. The lowest BCUT2D eigenvalue weighted by Crippen LogP contribution is -2.24. The molecule has 3 aromatic heterocycles. The number of nitrogens with one attached hydrogen (secondary N) is 1. The van der Waals surface area contributed by atoms with Gasteiger partial charge in [-0.1, -0.05) is 12.1 Å². The molecule has 3 aromatic rings. The van der Waals surface area contributed by atoms with Crippen LogP contribution < -0.4 is 5.32 Å². The van der Waals surface area contributed by atoms with E-state index < -0.39 is 0 Å². The first kappa shape index (κ1) is 14.0. The third-order valence-corrected chi connectivity index (χ3v) is 4.77. The normalized spacial score (nSPS) is 10.5. The van der Waals surface area contributed by atoms with Crippen LogP contribution in [0.4, 0.5) is 0 Å². The Bertz CT molecular complexity index is 706. The van der Waals surface area contributed by atoms with Crippen molar-refractivity contribution in [3.8, 4) is 10.6 Å². The summed E-state index contributed by atoms with van der Waals surface area (Å²) in [6.07, 6.45) is 2.23. The summed E-state index contributed by atoms with van der Waals surface area (Å²) in [4.78, 5) is 18.5. The van der Waals surface area contributed by atoms with Gasteiger partial charge < -0.3 is 5.32 Å². The van der Waals surface area contributed by atoms with Gasteiger partial charge in [0.15, 0.2) is 0 Å². The van der Waals surface area contributed by atoms with Crippen LogP contribution in [0.1, 0.15) is 10.4 Å². The maximum absolute atomic E-state index is 11.9. The van der Waals surface area contributed by atoms with Crippen LogP contribution in [0.2, 0.25) is 0 Å². The zero-order valence-corrected chi connectivity index (χ0v) is 12.9. The van der Waals surface area contributed by atoms with Gasteiger partial charge in [-0.25, -0.2) is 0 Å². The molecule has 5 heteroatoms. The van der Waals surface area contributed by atoms with Gasteiger partial charge in [-0.3, -0.25) is 9.78 Å². The van der Waals surface area contributed by atoms with Gasteiger partial charge in [0.05, 0.1) is 17.0 Å². The van der Waals surface area contributed by atoms with E-state index in [1.165, 1.54) is 0 Å². The number of aromatic nitrogens is 1. The molecule has 0 spiro atoms. The molecule has 0 saturated carbocycles. The Morgan fingerprint density at radius 2 is 2.00 bits per heavy atom. The highest BCUT2D eigenvalue weighted by molar-refractivity contribution is 7.13. The number of hydrogen-bond donors (Lipinski definition) is 1. The molecule has 3 rings (SSSR count). The molecule has 1 amide bonds. The molecule has 0 atom stereocenters. The van der Waals surface area contributed by atoms with Crippen LogP contribution in [0.3, 0.4) is 0 Å². The Morgan fingerprint density at radius 3 is 2.76 bits per heavy atom. The summed E-state index contributed by atoms with van der Waals surface area (Å²) >= 11 is 3.27. The highest BCUT2D eigenvalue weighted by Crippen LogP contribution is 2.22. The van der Waals surface area contributed by atoms with E-state index in [0.29, 0.717) is 13.0 Å². The van der Waals surface area contributed by atoms with E-state index in [9.17, 15) is 4.79 Å². The number of rotatable bonds is 5. The van der Waals surface area contributed by atoms with Crippen molar-refractivity contribution in [2.24, 2.45) is 0 Å². The molecule has 0 aliphatic rings. The Kier molecular flexibility index (Phi) is 4.43. The average Bonchev–Trinajstić information content (AvgIpc) is 3.19. The van der Waals surface area contributed by atoms with Gasteiger partial charge in [0.25, 0.3) is 0 Å². The largest absolute Gasteiger partial charge is 0.352 e. The lowest BCUT2D eigenvalue weighted by molar-refractivity contribution is -0.120. The van der Waals surface area contributed by atoms with Crippen molar-refractivity contribution in [1.82, 2.24) is 10.3 Å². The van der Waals surface area contributed by atoms with Crippen LogP contribution in [0.5, 0.6) is 0 Å². The first-order valence-corrected chi connectivity index (χ1v) is 8.35. The molecule has 0 unspecified atom stereocenters. The number of pyridine rings is 1. The van der Waals surface area contributed by atoms with Gasteiger partial charge >= 0.3 is 0 Å². The summed E-state index contributed by atoms with van der Waals surface area (Å²) in [6, 6.07) is 12.0. The minimum absolute atomic E-state index is 0.0481. The summed E-state index contributed by atoms with van der Waals surface area (Å²) in [7, 11) is 0. The molecule has 0 aliphatic heterocycles. The fourth-order valence-corrected chi connectivity index (χ4v) is 3.37. The number of hydrogen-bond acceptors (Lipinski definition) is 4. The predicted octanol–water partition coefficient (Wildman–Crippen LogP) is 3.73. The van der Waals surface area contributed by atoms with Crippen LogP contribution >= 0.6 is 22.7 Å². The summed E-state index contributed by atoms with van der Waals surface area (Å²) < 4.78 is 0. The zero-order chi connectivity index (χ0) is 14.5. The Balaban J connectivity index is 1.60. The van der Waals surface area contributed by atoms with E-state index in [4.69, 9.17) is 0 Å². The van der Waals surface area contributed by atoms with Gasteiger partial charge in [0.1, 0.15) is 0 Å². The smallest absolute Gasteiger partial charge is 0.225 e. The predicted molar refractivity (Wildman–Crippen MR) is 87.4 cm³/mol. The summed E-state index contributed by atoms with van der Waals surface area (Å²) in [6.45, 7) is 0.533. The lowest BCUT2D eigenvalue weighted by Gasteiger charge is -2.06. The van der Waals surface area contributed by atoms with Crippen LogP contribution in [0, 0.1) is 0 Å². The van der Waals surface area contributed by atoms with Gasteiger partial charge in [0, 0.05) is 17.6 Å². The third kappa shape index (κ3) is 3.77. The fraction of sp³-hybridized carbons (Fsp3) is 0.125. The second-order valence-electron chi connectivity index (χ2n) is 4.56. The van der Waals surface area contributed by atoms with E-state index in [1.54, 1.807) is 28.9 Å². The quantitative estimate of drug-likeness (QED) is 0.779. The van der Waals surface area contributed by atoms with Crippen molar-refractivity contribution < 1.29 is 4.79 Å². The Morgan fingerprint density at radius 1 is 1.14 bits per heavy atom. The second kappa shape index (κ2) is 6.65. The monoisotopic (exact) mass is 314 g/mol. The van der Waals surface area contributed by atoms with Gasteiger partial charge in [-0.2, -0.15) is 0 Å². The molecule has 3 nitrogen and oxygen atoms in total. The Labute approximate surface area is 131 Å². The lowest BCUT2D eigenvalue weighted by atomic mass is 10.2. The van der Waals surface area contributed by atoms with Crippen molar-refractivity contribution in [3.05, 3.63) is 63.8 Å². The van der Waals surface area contributed by atoms with E-state index in [-0.39, 0.29) is 5.91 Å². The van der Waals surface area contributed by atoms with Crippen molar-refractivity contribution in [2.45, 2.75) is 13.0 Å². The maximum Gasteiger partial charge on any atom is 0.225 e. The molecule has 21 heavy (non-hydrogen) atoms. The second-order valence-corrected chi connectivity index (χ2v) is 6.54. The summed E-state index contributed by atoms with van der Waals surface area (Å²) in [5, 5.41) is 6.97. The molecular formula is C16H14N2OS2. The molecular weight excluding hydrogens is 300 g/mol. The third-order valence-electron chi connectivity index (χ3n) is 3.00. The van der Waals surface area contributed by atoms with Crippen molar-refractivity contribution in [3.63, 3.8) is 0 Å². The zero-order valence-electron chi connectivity index (χ0n) is 11.3. The topological polar surface area (TPSA) is 42.0 Å². The molecule has 0 fully saturated rings. The van der Waals surface area contributed by atoms with E-state index in [1.807, 2.05) is 47.2 Å². The molecule has 0 aliphatic carbocycles. The maximum atomic E-state index is 11.9. The SMILES string of the molecule is O=C(Cc1cccs1)NCc1ccnc(-c2cccs2)c1. The fourth-order valence-electron chi connectivity index (χ4n) is 1.98. The van der Waals surface area contributed by atoms with Crippen LogP contribution in [-0.4, -0.2) is 10.9 Å². The standard InChI is InChI=1S/C16H14N2OS2/c19-16(10-13-3-1-7-20-13)18-11-12-5-6-17-14(9-12)15-4-2-8-21-15/h1-9H,10-11H2,(H,18,19). The van der Waals surface area contributed by atoms with E-state index in [2.05, 4.69) is 10.3 Å². The molecule has 0 saturated heterocycles. The van der Waals surface area contributed by atoms with Crippen molar-refractivity contribution >= 4 is 28.6 Å². The van der Waals surface area contributed by atoms with Gasteiger partial charge in [-0.05, 0) is 40.6 Å². The molecule has 0 radical (unpaired) electrons. The minimum Gasteiger partial charge on any atom is -0.352 e. The van der Waals surface area contributed by atoms with Gasteiger partial charge in [0.2, 0.25) is 5.91 Å². The van der Waals surface area contributed by atoms with Crippen molar-refractivity contribution in [2.75, 3.05) is 0 Å². The van der Waals surface area contributed by atoms with E-state index >= 15 is 0 Å². The van der Waals surface area contributed by atoms with Crippen LogP contribution in [0.25, 0.3) is 10.6 Å². The summed E-state index contributed by atoms with van der Waals surface area (Å²) in [5.41, 5.74) is 2.02. The minimum atomic E-state index is 0.0481. The van der Waals surface area contributed by atoms with Gasteiger partial charge in [-0.15, -0.1) is 22.7 Å². The number of amides is 1. The first-order chi connectivity index (χ1) is 10.3. The number of carbonyl (C=O) groups is 1. The van der Waals surface area contributed by atoms with Crippen molar-refractivity contribution in [1.29, 1.82) is 0 Å². The van der Waals surface area contributed by atoms with E-state index in [0.717, 1.165) is 21.0 Å². The molecule has 1 N–H and O–H groups in total. The number of carbonyl (C=O) groups excluding carboxylic acids is 1. The molecule has 3 heterocycles. The molecule has 0 bridgehead atoms. The number of nitrogens with zero attached hydrogens (tertiary/aromatic N) is 1. The highest BCUT2D eigenvalue weighted by Gasteiger charge is 2.05. The average molecular weight is 314 g/mol. The number of thiophene rings is 2. The first-order valence-electron chi connectivity index (χ1n) is 6.59. The molecule has 0 aromatic carbocycles. The highest BCUT2D eigenvalue weighted by atomic mass is 32.1. The van der Waals surface area contributed by atoms with Crippen LogP contribution in [-0.2, 0) is 17.8 Å². The summed E-state index contributed by atoms with van der Waals surface area (Å²) in [5.74, 6) is 0.0481.